The van der Waals surface area contributed by atoms with Gasteiger partial charge in [0.25, 0.3) is 5.69 Å². The minimum absolute atomic E-state index is 0.0725. The van der Waals surface area contributed by atoms with Gasteiger partial charge in [-0.15, -0.1) is 0 Å². The van der Waals surface area contributed by atoms with Gasteiger partial charge in [0.15, 0.2) is 0 Å². The number of nitrogens with zero attached hydrogens (tertiary/aromatic N) is 3. The molecule has 3 aromatic carbocycles. The largest absolute Gasteiger partial charge is 0.489 e. The van der Waals surface area contributed by atoms with Gasteiger partial charge < -0.3 is 10.1 Å². The van der Waals surface area contributed by atoms with E-state index in [9.17, 15) is 10.1 Å². The molecule has 4 aromatic rings. The third kappa shape index (κ3) is 3.93. The van der Waals surface area contributed by atoms with E-state index in [0.717, 1.165) is 34.0 Å². The smallest absolute Gasteiger partial charge is 0.269 e. The lowest BCUT2D eigenvalue weighted by Crippen LogP contribution is -2.26. The Morgan fingerprint density at radius 2 is 1.76 bits per heavy atom. The van der Waals surface area contributed by atoms with Crippen molar-refractivity contribution in [3.05, 3.63) is 105 Å². The molecule has 1 unspecified atom stereocenters. The molecule has 7 heteroatoms. The summed E-state index contributed by atoms with van der Waals surface area (Å²) in [4.78, 5) is 10.4. The number of nitro benzene ring substituents is 1. The topological polar surface area (TPSA) is 82.2 Å². The van der Waals surface area contributed by atoms with Gasteiger partial charge in [0, 0.05) is 23.4 Å². The zero-order valence-corrected chi connectivity index (χ0v) is 18.7. The van der Waals surface area contributed by atoms with Crippen LogP contribution in [0, 0.1) is 30.9 Å². The Bertz CT molecular complexity index is 1340. The number of benzene rings is 3. The van der Waals surface area contributed by atoms with Crippen LogP contribution in [0.1, 0.15) is 34.1 Å². The summed E-state index contributed by atoms with van der Waals surface area (Å²) in [6, 6.07) is 20.9. The van der Waals surface area contributed by atoms with E-state index in [4.69, 9.17) is 9.84 Å². The lowest BCUT2D eigenvalue weighted by molar-refractivity contribution is -0.384. The Hall–Kier alpha value is -4.13. The summed E-state index contributed by atoms with van der Waals surface area (Å²) in [7, 11) is 0. The van der Waals surface area contributed by atoms with Crippen LogP contribution in [0.4, 0.5) is 11.4 Å². The van der Waals surface area contributed by atoms with E-state index in [2.05, 4.69) is 37.4 Å². The molecule has 2 heterocycles. The summed E-state index contributed by atoms with van der Waals surface area (Å²) >= 11 is 0. The second-order valence-corrected chi connectivity index (χ2v) is 8.45. The molecule has 0 spiro atoms. The summed E-state index contributed by atoms with van der Waals surface area (Å²) in [5, 5.41) is 19.2. The molecule has 1 aliphatic heterocycles. The number of nitro groups is 1. The number of hydrogen-bond donors (Lipinski definition) is 1. The first-order chi connectivity index (χ1) is 15.9. The molecule has 0 fully saturated rings. The van der Waals surface area contributed by atoms with Crippen molar-refractivity contribution in [2.24, 2.45) is 0 Å². The number of ether oxygens (including phenoxy) is 1. The van der Waals surface area contributed by atoms with E-state index in [1.165, 1.54) is 28.8 Å². The van der Waals surface area contributed by atoms with Gasteiger partial charge in [-0.3, -0.25) is 10.1 Å². The number of hydrogen-bond acceptors (Lipinski definition) is 5. The van der Waals surface area contributed by atoms with Gasteiger partial charge >= 0.3 is 0 Å². The molecule has 166 valence electrons. The summed E-state index contributed by atoms with van der Waals surface area (Å²) in [5.41, 5.74) is 8.86. The molecule has 0 saturated heterocycles. The maximum Gasteiger partial charge on any atom is 0.269 e. The fourth-order valence-corrected chi connectivity index (χ4v) is 4.33. The summed E-state index contributed by atoms with van der Waals surface area (Å²) in [6.07, 6.45) is -0.119. The Morgan fingerprint density at radius 1 is 1.03 bits per heavy atom. The van der Waals surface area contributed by atoms with E-state index in [0.29, 0.717) is 6.61 Å². The van der Waals surface area contributed by atoms with Crippen molar-refractivity contribution in [1.29, 1.82) is 0 Å². The van der Waals surface area contributed by atoms with Crippen LogP contribution in [0.2, 0.25) is 0 Å². The number of anilines is 1. The average Bonchev–Trinajstić information content (AvgIpc) is 3.20. The predicted molar refractivity (Wildman–Crippen MR) is 128 cm³/mol. The third-order valence-electron chi connectivity index (χ3n) is 5.89. The van der Waals surface area contributed by atoms with Crippen molar-refractivity contribution >= 4 is 11.4 Å². The zero-order chi connectivity index (χ0) is 23.1. The minimum Gasteiger partial charge on any atom is -0.489 e. The summed E-state index contributed by atoms with van der Waals surface area (Å²) in [5.74, 6) is 0.733. The SMILES string of the molecule is Cc1cc(C)c2c(c1)-c1cc(C)nn1C(c1ccc(OCc3ccc([N+](=O)[O-])cc3)cc1)N2. The van der Waals surface area contributed by atoms with Crippen molar-refractivity contribution in [2.45, 2.75) is 33.5 Å². The second kappa shape index (κ2) is 8.09. The van der Waals surface area contributed by atoms with Gasteiger partial charge in [-0.1, -0.05) is 23.8 Å². The molecule has 0 bridgehead atoms. The lowest BCUT2D eigenvalue weighted by atomic mass is 9.98. The summed E-state index contributed by atoms with van der Waals surface area (Å²) < 4.78 is 7.93. The van der Waals surface area contributed by atoms with Gasteiger partial charge in [-0.05, 0) is 73.9 Å². The minimum atomic E-state index is -0.407. The van der Waals surface area contributed by atoms with Gasteiger partial charge in [0.2, 0.25) is 0 Å². The molecule has 0 radical (unpaired) electrons. The van der Waals surface area contributed by atoms with Crippen molar-refractivity contribution in [1.82, 2.24) is 9.78 Å². The van der Waals surface area contributed by atoms with Crippen molar-refractivity contribution in [3.63, 3.8) is 0 Å². The number of rotatable bonds is 5. The predicted octanol–water partition coefficient (Wildman–Crippen LogP) is 5.93. The van der Waals surface area contributed by atoms with Crippen LogP contribution in [0.15, 0.2) is 66.7 Å². The maximum atomic E-state index is 10.8. The highest BCUT2D eigenvalue weighted by atomic mass is 16.6. The van der Waals surface area contributed by atoms with Gasteiger partial charge in [-0.2, -0.15) is 5.10 Å². The molecular formula is C26H24N4O3. The highest BCUT2D eigenvalue weighted by molar-refractivity contribution is 5.81. The molecule has 33 heavy (non-hydrogen) atoms. The van der Waals surface area contributed by atoms with Crippen LogP contribution in [0.3, 0.4) is 0 Å². The quantitative estimate of drug-likeness (QED) is 0.307. The Balaban J connectivity index is 1.37. The first kappa shape index (κ1) is 20.8. The molecule has 0 amide bonds. The monoisotopic (exact) mass is 440 g/mol. The molecule has 1 aliphatic rings. The fraction of sp³-hybridized carbons (Fsp3) is 0.192. The zero-order valence-electron chi connectivity index (χ0n) is 18.7. The van der Waals surface area contributed by atoms with Gasteiger partial charge in [0.05, 0.1) is 16.3 Å². The lowest BCUT2D eigenvalue weighted by Gasteiger charge is -2.30. The Morgan fingerprint density at radius 3 is 2.45 bits per heavy atom. The van der Waals surface area contributed by atoms with Crippen molar-refractivity contribution in [3.8, 4) is 17.0 Å². The van der Waals surface area contributed by atoms with Crippen molar-refractivity contribution in [2.75, 3.05) is 5.32 Å². The molecule has 0 aliphatic carbocycles. The Labute approximate surface area is 191 Å². The molecule has 0 saturated carbocycles. The van der Waals surface area contributed by atoms with E-state index in [1.54, 1.807) is 12.1 Å². The molecular weight excluding hydrogens is 416 g/mol. The summed E-state index contributed by atoms with van der Waals surface area (Å²) in [6.45, 7) is 6.60. The van der Waals surface area contributed by atoms with Gasteiger partial charge in [0.1, 0.15) is 18.5 Å². The fourth-order valence-electron chi connectivity index (χ4n) is 4.33. The molecule has 1 N–H and O–H groups in total. The first-order valence-electron chi connectivity index (χ1n) is 10.8. The van der Waals surface area contributed by atoms with Crippen LogP contribution in [-0.4, -0.2) is 14.7 Å². The molecule has 7 nitrogen and oxygen atoms in total. The maximum absolute atomic E-state index is 10.8. The molecule has 1 aromatic heterocycles. The van der Waals surface area contributed by atoms with Crippen LogP contribution < -0.4 is 10.1 Å². The number of fused-ring (bicyclic) bond motifs is 3. The van der Waals surface area contributed by atoms with E-state index in [-0.39, 0.29) is 11.9 Å². The van der Waals surface area contributed by atoms with Crippen LogP contribution in [-0.2, 0) is 6.61 Å². The Kier molecular flexibility index (Phi) is 5.09. The third-order valence-corrected chi connectivity index (χ3v) is 5.89. The number of non-ortho nitro benzene ring substituents is 1. The molecule has 1 atom stereocenters. The van der Waals surface area contributed by atoms with Crippen molar-refractivity contribution < 1.29 is 9.66 Å². The van der Waals surface area contributed by atoms with Crippen LogP contribution in [0.5, 0.6) is 5.75 Å². The van der Waals surface area contributed by atoms with E-state index >= 15 is 0 Å². The van der Waals surface area contributed by atoms with E-state index in [1.807, 2.05) is 35.9 Å². The number of aryl methyl sites for hydroxylation is 3. The van der Waals surface area contributed by atoms with E-state index < -0.39 is 4.92 Å². The normalized spacial score (nSPS) is 14.2. The average molecular weight is 441 g/mol. The number of nitrogens with one attached hydrogen (secondary N) is 1. The number of aromatic nitrogens is 2. The van der Waals surface area contributed by atoms with Crippen LogP contribution >= 0.6 is 0 Å². The molecule has 5 rings (SSSR count). The second-order valence-electron chi connectivity index (χ2n) is 8.45. The van der Waals surface area contributed by atoms with Gasteiger partial charge in [-0.25, -0.2) is 4.68 Å². The first-order valence-corrected chi connectivity index (χ1v) is 10.8. The standard InChI is InChI=1S/C26H24N4O3/c1-16-12-17(2)25-23(13-16)24-14-18(3)28-29(24)26(27-25)20-6-10-22(11-7-20)33-15-19-4-8-21(9-5-19)30(31)32/h4-14,26-27H,15H2,1-3H3. The van der Waals surface area contributed by atoms with Crippen LogP contribution in [0.25, 0.3) is 11.3 Å². The highest BCUT2D eigenvalue weighted by Gasteiger charge is 2.27. The highest BCUT2D eigenvalue weighted by Crippen LogP contribution is 2.41.